The Morgan fingerprint density at radius 2 is 1.94 bits per heavy atom. The van der Waals surface area contributed by atoms with Crippen LogP contribution in [0.4, 0.5) is 4.39 Å². The smallest absolute Gasteiger partial charge is 0.269 e. The van der Waals surface area contributed by atoms with Gasteiger partial charge in [0.15, 0.2) is 5.69 Å². The molecule has 0 saturated heterocycles. The van der Waals surface area contributed by atoms with E-state index in [0.29, 0.717) is 17.3 Å². The molecule has 1 heterocycles. The number of amides is 3. The number of nitrogens with zero attached hydrogens (tertiary/aromatic N) is 3. The number of benzene rings is 2. The third-order valence-corrected chi connectivity index (χ3v) is 5.85. The quantitative estimate of drug-likeness (QED) is 0.457. The van der Waals surface area contributed by atoms with E-state index in [1.807, 2.05) is 13.8 Å². The van der Waals surface area contributed by atoms with Gasteiger partial charge in [0.1, 0.15) is 12.4 Å². The first-order chi connectivity index (χ1) is 16.2. The van der Waals surface area contributed by atoms with E-state index in [4.69, 9.17) is 17.3 Å². The van der Waals surface area contributed by atoms with E-state index >= 15 is 0 Å². The Hall–Kier alpha value is -3.46. The number of nitrogens with two attached hydrogens (primary N) is 1. The zero-order chi connectivity index (χ0) is 24.8. The molecule has 8 nitrogen and oxygen atoms in total. The third-order valence-electron chi connectivity index (χ3n) is 5.56. The Labute approximate surface area is 201 Å². The average molecular weight is 488 g/mol. The van der Waals surface area contributed by atoms with Crippen molar-refractivity contribution in [3.05, 3.63) is 64.6 Å². The molecule has 2 aromatic carbocycles. The second kappa shape index (κ2) is 11.1. The van der Waals surface area contributed by atoms with Crippen LogP contribution >= 0.6 is 11.6 Å². The van der Waals surface area contributed by atoms with E-state index in [9.17, 15) is 18.8 Å². The minimum atomic E-state index is -0.689. The summed E-state index contributed by atoms with van der Waals surface area (Å²) in [5, 5.41) is 7.40. The van der Waals surface area contributed by atoms with Gasteiger partial charge < -0.3 is 16.0 Å². The maximum Gasteiger partial charge on any atom is 0.269 e. The molecular formula is C24H27ClFN5O3. The van der Waals surface area contributed by atoms with Crippen molar-refractivity contribution in [3.63, 3.8) is 0 Å². The molecule has 3 aromatic rings. The van der Waals surface area contributed by atoms with Crippen LogP contribution < -0.4 is 11.1 Å². The van der Waals surface area contributed by atoms with Gasteiger partial charge in [-0.25, -0.2) is 4.39 Å². The van der Waals surface area contributed by atoms with Gasteiger partial charge in [-0.05, 0) is 25.5 Å². The molecule has 0 fully saturated rings. The van der Waals surface area contributed by atoms with Crippen LogP contribution in [0.3, 0.4) is 0 Å². The van der Waals surface area contributed by atoms with Crippen LogP contribution in [-0.2, 0) is 22.7 Å². The highest BCUT2D eigenvalue weighted by molar-refractivity contribution is 6.30. The summed E-state index contributed by atoms with van der Waals surface area (Å²) < 4.78 is 15.5. The summed E-state index contributed by atoms with van der Waals surface area (Å²) in [6, 6.07) is 11.3. The average Bonchev–Trinajstić information content (AvgIpc) is 3.17. The highest BCUT2D eigenvalue weighted by Crippen LogP contribution is 2.19. The first-order valence-electron chi connectivity index (χ1n) is 11.0. The summed E-state index contributed by atoms with van der Waals surface area (Å²) >= 11 is 5.79. The lowest BCUT2D eigenvalue weighted by Gasteiger charge is -2.29. The van der Waals surface area contributed by atoms with E-state index in [2.05, 4.69) is 10.4 Å². The van der Waals surface area contributed by atoms with Crippen molar-refractivity contribution in [3.8, 4) is 0 Å². The van der Waals surface area contributed by atoms with E-state index in [0.717, 1.165) is 6.42 Å². The molecule has 34 heavy (non-hydrogen) atoms. The number of carbonyl (C=O) groups excluding carboxylic acids is 3. The lowest BCUT2D eigenvalue weighted by molar-refractivity contribution is -0.138. The molecule has 1 aromatic heterocycles. The van der Waals surface area contributed by atoms with Crippen LogP contribution in [0.1, 0.15) is 42.7 Å². The lowest BCUT2D eigenvalue weighted by Crippen LogP contribution is -2.46. The van der Waals surface area contributed by atoms with Crippen molar-refractivity contribution in [2.75, 3.05) is 6.54 Å². The molecule has 3 rings (SSSR count). The first kappa shape index (κ1) is 25.2. The largest absolute Gasteiger partial charge is 0.364 e. The predicted molar refractivity (Wildman–Crippen MR) is 128 cm³/mol. The van der Waals surface area contributed by atoms with Crippen molar-refractivity contribution in [1.82, 2.24) is 20.0 Å². The molecule has 180 valence electrons. The summed E-state index contributed by atoms with van der Waals surface area (Å²) in [4.78, 5) is 39.2. The van der Waals surface area contributed by atoms with Crippen LogP contribution in [0.2, 0.25) is 5.02 Å². The van der Waals surface area contributed by atoms with Gasteiger partial charge in [0.05, 0.1) is 17.1 Å². The molecule has 3 N–H and O–H groups in total. The van der Waals surface area contributed by atoms with E-state index < -0.39 is 17.6 Å². The Morgan fingerprint density at radius 3 is 2.65 bits per heavy atom. The Morgan fingerprint density at radius 1 is 1.21 bits per heavy atom. The molecule has 1 atom stereocenters. The number of hydrogen-bond acceptors (Lipinski definition) is 4. The van der Waals surface area contributed by atoms with Gasteiger partial charge in [0.25, 0.3) is 5.91 Å². The van der Waals surface area contributed by atoms with Crippen molar-refractivity contribution in [1.29, 1.82) is 0 Å². The minimum Gasteiger partial charge on any atom is -0.364 e. The van der Waals surface area contributed by atoms with Crippen molar-refractivity contribution >= 4 is 40.2 Å². The molecule has 0 bridgehead atoms. The fraction of sp³-hybridized carbons (Fsp3) is 0.333. The van der Waals surface area contributed by atoms with Crippen LogP contribution in [0, 0.1) is 5.82 Å². The summed E-state index contributed by atoms with van der Waals surface area (Å²) in [6.07, 6.45) is 1.51. The topological polar surface area (TPSA) is 110 Å². The van der Waals surface area contributed by atoms with Crippen LogP contribution in [0.15, 0.2) is 42.5 Å². The third kappa shape index (κ3) is 5.72. The predicted octanol–water partition coefficient (Wildman–Crippen LogP) is 3.26. The van der Waals surface area contributed by atoms with Gasteiger partial charge in [-0.3, -0.25) is 19.1 Å². The Balaban J connectivity index is 1.76. The van der Waals surface area contributed by atoms with Gasteiger partial charge in [-0.2, -0.15) is 5.10 Å². The zero-order valence-electron chi connectivity index (χ0n) is 19.1. The number of carbonyl (C=O) groups is 3. The first-order valence-corrected chi connectivity index (χ1v) is 11.3. The van der Waals surface area contributed by atoms with Crippen molar-refractivity contribution < 1.29 is 18.8 Å². The van der Waals surface area contributed by atoms with Gasteiger partial charge in [0.2, 0.25) is 11.8 Å². The lowest BCUT2D eigenvalue weighted by atomic mass is 10.1. The standard InChI is InChI=1S/C24H27ClFN5O3/c1-3-7-15(2)30(13-20(32)28-12-16-8-6-10-18(25)22(16)26)21(33)14-31-19-11-5-4-9-17(19)23(29-31)24(27)34/h4-6,8-11,15H,3,7,12-14H2,1-2H3,(H2,27,34)(H,28,32). The molecular weight excluding hydrogens is 461 g/mol. The SMILES string of the molecule is CCCC(C)N(CC(=O)NCc1cccc(Cl)c1F)C(=O)Cn1nc(C(N)=O)c2ccccc21. The maximum absolute atomic E-state index is 14.1. The van der Waals surface area contributed by atoms with Crippen molar-refractivity contribution in [2.24, 2.45) is 5.73 Å². The molecule has 0 aliphatic heterocycles. The molecule has 0 spiro atoms. The van der Waals surface area contributed by atoms with Gasteiger partial charge in [-0.1, -0.05) is 55.3 Å². The highest BCUT2D eigenvalue weighted by Gasteiger charge is 2.24. The molecule has 0 saturated carbocycles. The minimum absolute atomic E-state index is 0.0260. The Bertz CT molecular complexity index is 1210. The van der Waals surface area contributed by atoms with Gasteiger partial charge >= 0.3 is 0 Å². The van der Waals surface area contributed by atoms with E-state index in [1.165, 1.54) is 21.7 Å². The summed E-state index contributed by atoms with van der Waals surface area (Å²) in [6.45, 7) is 3.42. The second-order valence-electron chi connectivity index (χ2n) is 8.04. The number of nitrogens with one attached hydrogen (secondary N) is 1. The molecule has 0 radical (unpaired) electrons. The maximum atomic E-state index is 14.1. The highest BCUT2D eigenvalue weighted by atomic mass is 35.5. The molecule has 0 aliphatic carbocycles. The number of hydrogen-bond donors (Lipinski definition) is 2. The van der Waals surface area contributed by atoms with Crippen LogP contribution in [-0.4, -0.2) is 45.0 Å². The summed E-state index contributed by atoms with van der Waals surface area (Å²) in [5.41, 5.74) is 6.37. The number of aromatic nitrogens is 2. The van der Waals surface area contributed by atoms with Crippen LogP contribution in [0.5, 0.6) is 0 Å². The van der Waals surface area contributed by atoms with Crippen LogP contribution in [0.25, 0.3) is 10.9 Å². The second-order valence-corrected chi connectivity index (χ2v) is 8.44. The fourth-order valence-electron chi connectivity index (χ4n) is 3.80. The van der Waals surface area contributed by atoms with E-state index in [-0.39, 0.29) is 47.9 Å². The fourth-order valence-corrected chi connectivity index (χ4v) is 4.00. The Kier molecular flexibility index (Phi) is 8.22. The molecule has 3 amide bonds. The number of para-hydroxylation sites is 1. The molecule has 1 unspecified atom stereocenters. The van der Waals surface area contributed by atoms with Crippen molar-refractivity contribution in [2.45, 2.75) is 45.8 Å². The zero-order valence-corrected chi connectivity index (χ0v) is 19.8. The summed E-state index contributed by atoms with van der Waals surface area (Å²) in [5.74, 6) is -2.05. The molecule has 0 aliphatic rings. The van der Waals surface area contributed by atoms with Gasteiger partial charge in [-0.15, -0.1) is 0 Å². The van der Waals surface area contributed by atoms with Gasteiger partial charge in [0, 0.05) is 23.5 Å². The summed E-state index contributed by atoms with van der Waals surface area (Å²) in [7, 11) is 0. The molecule has 10 heteroatoms. The van der Waals surface area contributed by atoms with E-state index in [1.54, 1.807) is 30.3 Å². The normalized spacial score (nSPS) is 11.9. The number of primary amides is 1. The number of halogens is 2. The number of fused-ring (bicyclic) bond motifs is 1. The number of rotatable bonds is 10. The monoisotopic (exact) mass is 487 g/mol.